The van der Waals surface area contributed by atoms with Crippen LogP contribution in [0.4, 0.5) is 0 Å². The van der Waals surface area contributed by atoms with Gasteiger partial charge in [0.25, 0.3) is 0 Å². The van der Waals surface area contributed by atoms with Gasteiger partial charge in [0, 0.05) is 25.0 Å². The maximum atomic E-state index is 12.6. The highest BCUT2D eigenvalue weighted by Gasteiger charge is 2.33. The van der Waals surface area contributed by atoms with E-state index in [0.717, 1.165) is 44.7 Å². The number of carbonyl (C=O) groups excluding carboxylic acids is 1. The Labute approximate surface area is 130 Å². The molecule has 1 heterocycles. The lowest BCUT2D eigenvalue weighted by Crippen LogP contribution is -2.47. The predicted molar refractivity (Wildman–Crippen MR) is 88.0 cm³/mol. The molecule has 2 rings (SSSR count). The van der Waals surface area contributed by atoms with E-state index in [1.54, 1.807) is 0 Å². The second-order valence-corrected chi connectivity index (χ2v) is 8.47. The third kappa shape index (κ3) is 4.70. The van der Waals surface area contributed by atoms with Gasteiger partial charge in [-0.15, -0.1) is 0 Å². The van der Waals surface area contributed by atoms with Gasteiger partial charge in [-0.3, -0.25) is 4.79 Å². The molecule has 1 saturated heterocycles. The number of carbonyl (C=O) groups is 1. The zero-order valence-corrected chi connectivity index (χ0v) is 14.3. The third-order valence-corrected chi connectivity index (χ3v) is 5.66. The van der Waals surface area contributed by atoms with E-state index in [4.69, 9.17) is 5.73 Å². The minimum atomic E-state index is -0.217. The summed E-state index contributed by atoms with van der Waals surface area (Å²) in [4.78, 5) is 14.7. The quantitative estimate of drug-likeness (QED) is 0.844. The normalized spacial score (nSPS) is 27.2. The average Bonchev–Trinajstić information content (AvgIpc) is 2.64. The molecule has 122 valence electrons. The zero-order valence-electron chi connectivity index (χ0n) is 14.3. The highest BCUT2D eigenvalue weighted by Crippen LogP contribution is 2.35. The van der Waals surface area contributed by atoms with E-state index in [1.807, 2.05) is 0 Å². The van der Waals surface area contributed by atoms with Crippen molar-refractivity contribution < 1.29 is 4.79 Å². The number of rotatable bonds is 2. The molecule has 1 saturated carbocycles. The standard InChI is InChI=1S/C18H34N2O/c1-17(2,3)15-8-7-12-20(13-9-15)16(21)14-18(19)10-5-4-6-11-18/h15H,4-14,19H2,1-3H3. The SMILES string of the molecule is CC(C)(C)C1CCCN(C(=O)CC2(N)CCCCC2)CC1. The van der Waals surface area contributed by atoms with Crippen LogP contribution >= 0.6 is 0 Å². The molecule has 0 aromatic carbocycles. The summed E-state index contributed by atoms with van der Waals surface area (Å²) in [6.45, 7) is 8.84. The molecule has 0 aromatic rings. The van der Waals surface area contributed by atoms with Crippen molar-refractivity contribution in [3.05, 3.63) is 0 Å². The largest absolute Gasteiger partial charge is 0.343 e. The lowest BCUT2D eigenvalue weighted by molar-refractivity contribution is -0.132. The van der Waals surface area contributed by atoms with Gasteiger partial charge in [0.1, 0.15) is 0 Å². The van der Waals surface area contributed by atoms with Crippen LogP contribution in [0.2, 0.25) is 0 Å². The van der Waals surface area contributed by atoms with Gasteiger partial charge < -0.3 is 10.6 Å². The first-order valence-corrected chi connectivity index (χ1v) is 8.87. The van der Waals surface area contributed by atoms with Crippen molar-refractivity contribution in [2.24, 2.45) is 17.1 Å². The van der Waals surface area contributed by atoms with Crippen molar-refractivity contribution >= 4 is 5.91 Å². The molecule has 1 aliphatic heterocycles. The molecule has 1 amide bonds. The van der Waals surface area contributed by atoms with E-state index in [-0.39, 0.29) is 5.54 Å². The van der Waals surface area contributed by atoms with Gasteiger partial charge in [0.2, 0.25) is 5.91 Å². The Morgan fingerprint density at radius 2 is 1.76 bits per heavy atom. The Bertz CT molecular complexity index is 353. The predicted octanol–water partition coefficient (Wildman–Crippen LogP) is 3.71. The van der Waals surface area contributed by atoms with E-state index in [9.17, 15) is 4.79 Å². The number of hydrogen-bond donors (Lipinski definition) is 1. The zero-order chi connectivity index (χ0) is 15.5. The highest BCUT2D eigenvalue weighted by molar-refractivity contribution is 5.77. The van der Waals surface area contributed by atoms with Crippen molar-refractivity contribution in [2.45, 2.75) is 84.1 Å². The van der Waals surface area contributed by atoms with Gasteiger partial charge in [-0.1, -0.05) is 40.0 Å². The van der Waals surface area contributed by atoms with Gasteiger partial charge >= 0.3 is 0 Å². The van der Waals surface area contributed by atoms with Crippen LogP contribution in [0.5, 0.6) is 0 Å². The maximum Gasteiger partial charge on any atom is 0.224 e. The molecule has 0 bridgehead atoms. The summed E-state index contributed by atoms with van der Waals surface area (Å²) in [6, 6.07) is 0. The fourth-order valence-corrected chi connectivity index (χ4v) is 4.06. The molecule has 21 heavy (non-hydrogen) atoms. The van der Waals surface area contributed by atoms with E-state index in [2.05, 4.69) is 25.7 Å². The van der Waals surface area contributed by atoms with Crippen LogP contribution in [-0.2, 0) is 4.79 Å². The second kappa shape index (κ2) is 6.68. The van der Waals surface area contributed by atoms with E-state index >= 15 is 0 Å². The second-order valence-electron chi connectivity index (χ2n) is 8.47. The fourth-order valence-electron chi connectivity index (χ4n) is 4.06. The highest BCUT2D eigenvalue weighted by atomic mass is 16.2. The van der Waals surface area contributed by atoms with Gasteiger partial charge in [0.15, 0.2) is 0 Å². The summed E-state index contributed by atoms with van der Waals surface area (Å²) in [7, 11) is 0. The monoisotopic (exact) mass is 294 g/mol. The first-order chi connectivity index (χ1) is 9.80. The molecule has 0 spiro atoms. The maximum absolute atomic E-state index is 12.6. The average molecular weight is 294 g/mol. The molecule has 1 aliphatic carbocycles. The topological polar surface area (TPSA) is 46.3 Å². The lowest BCUT2D eigenvalue weighted by atomic mass is 9.77. The van der Waals surface area contributed by atoms with Crippen molar-refractivity contribution in [2.75, 3.05) is 13.1 Å². The summed E-state index contributed by atoms with van der Waals surface area (Å²) in [6.07, 6.45) is 9.82. The molecule has 0 aromatic heterocycles. The molecule has 2 fully saturated rings. The van der Waals surface area contributed by atoms with Crippen LogP contribution in [0.3, 0.4) is 0 Å². The molecule has 2 N–H and O–H groups in total. The van der Waals surface area contributed by atoms with Crippen LogP contribution < -0.4 is 5.73 Å². The van der Waals surface area contributed by atoms with E-state index in [1.165, 1.54) is 25.7 Å². The molecule has 3 heteroatoms. The summed E-state index contributed by atoms with van der Waals surface area (Å²) in [5, 5.41) is 0. The van der Waals surface area contributed by atoms with Gasteiger partial charge in [-0.2, -0.15) is 0 Å². The number of nitrogens with two attached hydrogens (primary N) is 1. The summed E-state index contributed by atoms with van der Waals surface area (Å²) < 4.78 is 0. The Hall–Kier alpha value is -0.570. The summed E-state index contributed by atoms with van der Waals surface area (Å²) in [5.74, 6) is 1.03. The number of amides is 1. The van der Waals surface area contributed by atoms with Crippen LogP contribution in [0.25, 0.3) is 0 Å². The lowest BCUT2D eigenvalue weighted by Gasteiger charge is -2.35. The minimum absolute atomic E-state index is 0.217. The van der Waals surface area contributed by atoms with Crippen LogP contribution in [-0.4, -0.2) is 29.4 Å². The number of likely N-dealkylation sites (tertiary alicyclic amines) is 1. The minimum Gasteiger partial charge on any atom is -0.343 e. The Balaban J connectivity index is 1.88. The molecule has 0 radical (unpaired) electrons. The Morgan fingerprint density at radius 3 is 2.38 bits per heavy atom. The van der Waals surface area contributed by atoms with Gasteiger partial charge in [-0.25, -0.2) is 0 Å². The van der Waals surface area contributed by atoms with Crippen LogP contribution in [0, 0.1) is 11.3 Å². The fraction of sp³-hybridized carbons (Fsp3) is 0.944. The molecule has 1 unspecified atom stereocenters. The first-order valence-electron chi connectivity index (χ1n) is 8.87. The number of nitrogens with zero attached hydrogens (tertiary/aromatic N) is 1. The Morgan fingerprint density at radius 1 is 1.10 bits per heavy atom. The van der Waals surface area contributed by atoms with Gasteiger partial charge in [-0.05, 0) is 43.4 Å². The molecule has 2 aliphatic rings. The first kappa shape index (κ1) is 16.8. The smallest absolute Gasteiger partial charge is 0.224 e. The number of hydrogen-bond acceptors (Lipinski definition) is 2. The third-order valence-electron chi connectivity index (χ3n) is 5.66. The summed E-state index contributed by atoms with van der Waals surface area (Å²) in [5.41, 5.74) is 6.60. The van der Waals surface area contributed by atoms with Gasteiger partial charge in [0.05, 0.1) is 0 Å². The molecule has 3 nitrogen and oxygen atoms in total. The summed E-state index contributed by atoms with van der Waals surface area (Å²) >= 11 is 0. The van der Waals surface area contributed by atoms with Crippen LogP contribution in [0.15, 0.2) is 0 Å². The molecular weight excluding hydrogens is 260 g/mol. The van der Waals surface area contributed by atoms with Crippen molar-refractivity contribution in [3.8, 4) is 0 Å². The van der Waals surface area contributed by atoms with E-state index < -0.39 is 0 Å². The van der Waals surface area contributed by atoms with E-state index in [0.29, 0.717) is 17.7 Å². The molecular formula is C18H34N2O. The van der Waals surface area contributed by atoms with Crippen LogP contribution in [0.1, 0.15) is 78.6 Å². The van der Waals surface area contributed by atoms with Crippen molar-refractivity contribution in [3.63, 3.8) is 0 Å². The van der Waals surface area contributed by atoms with Crippen molar-refractivity contribution in [1.29, 1.82) is 0 Å². The Kier molecular flexibility index (Phi) is 5.34. The molecule has 1 atom stereocenters. The van der Waals surface area contributed by atoms with Crippen molar-refractivity contribution in [1.82, 2.24) is 4.90 Å².